The van der Waals surface area contributed by atoms with E-state index in [4.69, 9.17) is 9.88 Å². The summed E-state index contributed by atoms with van der Waals surface area (Å²) in [6.45, 7) is 2.26. The van der Waals surface area contributed by atoms with Crippen molar-refractivity contribution in [1.82, 2.24) is 5.32 Å². The molecule has 0 heterocycles. The molecule has 2 aromatic rings. The van der Waals surface area contributed by atoms with Gasteiger partial charge in [0.05, 0.1) is 17.6 Å². The van der Waals surface area contributed by atoms with Crippen LogP contribution in [0.2, 0.25) is 0 Å². The molecule has 190 valence electrons. The number of unbranched alkanes of at least 4 members (excludes halogenated alkanes) is 4. The van der Waals surface area contributed by atoms with E-state index in [2.05, 4.69) is 5.32 Å². The van der Waals surface area contributed by atoms with Crippen molar-refractivity contribution in [2.75, 3.05) is 26.3 Å². The molecule has 9 heteroatoms. The highest BCUT2D eigenvalue weighted by Crippen LogP contribution is 2.22. The summed E-state index contributed by atoms with van der Waals surface area (Å²) in [5.41, 5.74) is 1.81. The van der Waals surface area contributed by atoms with Gasteiger partial charge in [0.2, 0.25) is 10.0 Å². The van der Waals surface area contributed by atoms with E-state index >= 15 is 0 Å². The van der Waals surface area contributed by atoms with Crippen LogP contribution in [0.3, 0.4) is 0 Å². The van der Waals surface area contributed by atoms with Crippen molar-refractivity contribution in [2.24, 2.45) is 5.14 Å². The molecule has 0 saturated carbocycles. The number of sulfonamides is 1. The second-order valence-electron chi connectivity index (χ2n) is 8.40. The number of benzene rings is 2. The van der Waals surface area contributed by atoms with E-state index in [1.165, 1.54) is 12.1 Å². The van der Waals surface area contributed by atoms with Crippen LogP contribution < -0.4 is 10.5 Å². The van der Waals surface area contributed by atoms with Crippen molar-refractivity contribution in [3.05, 3.63) is 59.2 Å². The first-order valence-electron chi connectivity index (χ1n) is 11.8. The van der Waals surface area contributed by atoms with Gasteiger partial charge in [0, 0.05) is 25.3 Å². The van der Waals surface area contributed by atoms with Crippen LogP contribution in [0.15, 0.2) is 47.4 Å². The minimum absolute atomic E-state index is 0.0303. The molecule has 2 aromatic carbocycles. The lowest BCUT2D eigenvalue weighted by Crippen LogP contribution is -2.22. The third-order valence-corrected chi connectivity index (χ3v) is 6.66. The van der Waals surface area contributed by atoms with Crippen LogP contribution in [0.4, 0.5) is 0 Å². The number of hydrogen-bond acceptors (Lipinski definition) is 7. The zero-order valence-electron chi connectivity index (χ0n) is 19.7. The predicted octanol–water partition coefficient (Wildman–Crippen LogP) is 2.75. The van der Waals surface area contributed by atoms with Gasteiger partial charge in [0.1, 0.15) is 5.75 Å². The SMILES string of the molecule is NS(=O)(=O)c1ccccc1CCCOCCCCCCCNCC(O)c1ccc(O)c(CO)c1. The summed E-state index contributed by atoms with van der Waals surface area (Å²) >= 11 is 0. The molecular weight excluding hydrogens is 456 g/mol. The molecule has 0 amide bonds. The first kappa shape index (κ1) is 28.2. The third-order valence-electron chi connectivity index (χ3n) is 5.65. The lowest BCUT2D eigenvalue weighted by molar-refractivity contribution is 0.127. The van der Waals surface area contributed by atoms with Gasteiger partial charge in [-0.15, -0.1) is 0 Å². The highest BCUT2D eigenvalue weighted by Gasteiger charge is 2.12. The molecule has 0 aliphatic heterocycles. The van der Waals surface area contributed by atoms with E-state index in [1.807, 2.05) is 6.07 Å². The number of nitrogens with one attached hydrogen (secondary N) is 1. The maximum Gasteiger partial charge on any atom is 0.238 e. The van der Waals surface area contributed by atoms with Crippen LogP contribution in [0.5, 0.6) is 5.75 Å². The zero-order valence-corrected chi connectivity index (χ0v) is 20.5. The van der Waals surface area contributed by atoms with Gasteiger partial charge in [-0.05, 0) is 61.6 Å². The molecule has 34 heavy (non-hydrogen) atoms. The second-order valence-corrected chi connectivity index (χ2v) is 9.93. The van der Waals surface area contributed by atoms with Gasteiger partial charge >= 0.3 is 0 Å². The van der Waals surface area contributed by atoms with Crippen molar-refractivity contribution in [3.63, 3.8) is 0 Å². The summed E-state index contributed by atoms with van der Waals surface area (Å²) in [6, 6.07) is 11.6. The number of primary sulfonamides is 1. The van der Waals surface area contributed by atoms with Gasteiger partial charge in [-0.25, -0.2) is 13.6 Å². The summed E-state index contributed by atoms with van der Waals surface area (Å²) < 4.78 is 28.9. The van der Waals surface area contributed by atoms with E-state index in [9.17, 15) is 23.7 Å². The van der Waals surface area contributed by atoms with Crippen molar-refractivity contribution in [1.29, 1.82) is 0 Å². The maximum atomic E-state index is 11.6. The monoisotopic (exact) mass is 494 g/mol. The van der Waals surface area contributed by atoms with Crippen molar-refractivity contribution in [3.8, 4) is 5.75 Å². The van der Waals surface area contributed by atoms with Crippen molar-refractivity contribution < 1.29 is 28.5 Å². The molecule has 2 rings (SSSR count). The lowest BCUT2D eigenvalue weighted by atomic mass is 10.1. The molecule has 6 N–H and O–H groups in total. The molecule has 0 radical (unpaired) electrons. The number of aliphatic hydroxyl groups is 2. The van der Waals surface area contributed by atoms with E-state index in [-0.39, 0.29) is 17.3 Å². The van der Waals surface area contributed by atoms with E-state index in [1.54, 1.807) is 24.3 Å². The second kappa shape index (κ2) is 15.1. The van der Waals surface area contributed by atoms with Crippen molar-refractivity contribution in [2.45, 2.75) is 62.6 Å². The summed E-state index contributed by atoms with van der Waals surface area (Å²) in [7, 11) is -3.70. The van der Waals surface area contributed by atoms with Crippen LogP contribution in [0.25, 0.3) is 0 Å². The Balaban J connectivity index is 1.45. The Labute approximate surface area is 202 Å². The van der Waals surface area contributed by atoms with Gasteiger partial charge in [-0.2, -0.15) is 0 Å². The Morgan fingerprint density at radius 3 is 2.41 bits per heavy atom. The number of aliphatic hydroxyl groups excluding tert-OH is 2. The minimum Gasteiger partial charge on any atom is -0.508 e. The summed E-state index contributed by atoms with van der Waals surface area (Å²) in [4.78, 5) is 0.190. The molecular formula is C25H38N2O6S. The summed E-state index contributed by atoms with van der Waals surface area (Å²) in [5.74, 6) is 0.0303. The van der Waals surface area contributed by atoms with E-state index in [0.29, 0.717) is 37.3 Å². The third kappa shape index (κ3) is 10.1. The molecule has 0 saturated heterocycles. The average Bonchev–Trinajstić information content (AvgIpc) is 2.81. The fourth-order valence-electron chi connectivity index (χ4n) is 3.74. The fraction of sp³-hybridized carbons (Fsp3) is 0.520. The van der Waals surface area contributed by atoms with Crippen LogP contribution in [-0.2, 0) is 27.8 Å². The maximum absolute atomic E-state index is 11.6. The van der Waals surface area contributed by atoms with Crippen LogP contribution in [-0.4, -0.2) is 50.0 Å². The van der Waals surface area contributed by atoms with E-state index < -0.39 is 16.1 Å². The van der Waals surface area contributed by atoms with Gasteiger partial charge in [0.25, 0.3) is 0 Å². The number of ether oxygens (including phenoxy) is 1. The Morgan fingerprint density at radius 2 is 1.65 bits per heavy atom. The fourth-order valence-corrected chi connectivity index (χ4v) is 4.54. The largest absolute Gasteiger partial charge is 0.508 e. The number of aryl methyl sites for hydroxylation is 1. The highest BCUT2D eigenvalue weighted by atomic mass is 32.2. The molecule has 0 spiro atoms. The van der Waals surface area contributed by atoms with Crippen molar-refractivity contribution >= 4 is 10.0 Å². The topological polar surface area (TPSA) is 142 Å². The molecule has 0 fully saturated rings. The number of aromatic hydroxyl groups is 1. The number of phenols is 1. The standard InChI is InChI=1S/C25H38N2O6S/c26-34(31,32)25-11-5-4-9-20(25)10-8-16-33-15-7-3-1-2-6-14-27-18-24(30)21-12-13-23(29)22(17-21)19-28/h4-5,9,11-13,17,24,27-30H,1-3,6-8,10,14-16,18-19H2,(H2,26,31,32). The first-order valence-corrected chi connectivity index (χ1v) is 13.4. The number of hydrogen-bond donors (Lipinski definition) is 5. The molecule has 8 nitrogen and oxygen atoms in total. The Bertz CT molecular complexity index is 968. The lowest BCUT2D eigenvalue weighted by Gasteiger charge is -2.14. The molecule has 0 aliphatic carbocycles. The van der Waals surface area contributed by atoms with Crippen LogP contribution >= 0.6 is 0 Å². The normalized spacial score (nSPS) is 12.7. The Kier molecular flexibility index (Phi) is 12.5. The van der Waals surface area contributed by atoms with Gasteiger partial charge in [0.15, 0.2) is 0 Å². The van der Waals surface area contributed by atoms with Gasteiger partial charge < -0.3 is 25.4 Å². The van der Waals surface area contributed by atoms with E-state index in [0.717, 1.165) is 50.6 Å². The Morgan fingerprint density at radius 1 is 0.941 bits per heavy atom. The summed E-state index contributed by atoms with van der Waals surface area (Å²) in [6.07, 6.45) is 6.00. The smallest absolute Gasteiger partial charge is 0.238 e. The van der Waals surface area contributed by atoms with Gasteiger partial charge in [-0.3, -0.25) is 0 Å². The number of nitrogens with two attached hydrogens (primary N) is 1. The molecule has 1 atom stereocenters. The zero-order chi connectivity index (χ0) is 24.8. The molecule has 1 unspecified atom stereocenters. The van der Waals surface area contributed by atoms with Crippen LogP contribution in [0.1, 0.15) is 61.3 Å². The highest BCUT2D eigenvalue weighted by molar-refractivity contribution is 7.89. The predicted molar refractivity (Wildman–Crippen MR) is 132 cm³/mol. The Hall–Kier alpha value is -2.01. The minimum atomic E-state index is -3.70. The quantitative estimate of drug-likeness (QED) is 0.213. The average molecular weight is 495 g/mol. The molecule has 0 bridgehead atoms. The molecule has 0 aromatic heterocycles. The summed E-state index contributed by atoms with van der Waals surface area (Å²) in [5, 5.41) is 37.5. The molecule has 0 aliphatic rings. The van der Waals surface area contributed by atoms with Crippen LogP contribution in [0, 0.1) is 0 Å². The number of rotatable bonds is 17. The van der Waals surface area contributed by atoms with Gasteiger partial charge in [-0.1, -0.05) is 43.5 Å². The first-order chi connectivity index (χ1) is 16.3.